The molecular weight excluding hydrogens is 289 g/mol. The zero-order valence-electron chi connectivity index (χ0n) is 11.4. The van der Waals surface area contributed by atoms with Gasteiger partial charge in [-0.05, 0) is 27.2 Å². The zero-order valence-corrected chi connectivity index (χ0v) is 12.9. The molecule has 0 aromatic rings. The smallest absolute Gasteiger partial charge is 0.257 e. The van der Waals surface area contributed by atoms with Crippen LogP contribution in [0.15, 0.2) is 0 Å². The number of hydrogen-bond donors (Lipinski definition) is 0. The van der Waals surface area contributed by atoms with Crippen molar-refractivity contribution in [2.75, 3.05) is 13.2 Å². The first-order valence-electron chi connectivity index (χ1n) is 6.12. The van der Waals surface area contributed by atoms with E-state index in [-0.39, 0.29) is 12.6 Å². The molecule has 1 fully saturated rings. The summed E-state index contributed by atoms with van der Waals surface area (Å²) >= 11 is 11.3. The summed E-state index contributed by atoms with van der Waals surface area (Å²) in [6, 6.07) is 0. The van der Waals surface area contributed by atoms with Crippen LogP contribution in [0.4, 0.5) is 0 Å². The van der Waals surface area contributed by atoms with E-state index in [0.717, 1.165) is 6.42 Å². The molecule has 1 aliphatic heterocycles. The van der Waals surface area contributed by atoms with Gasteiger partial charge in [-0.1, -0.05) is 29.1 Å². The molecule has 6 heteroatoms. The van der Waals surface area contributed by atoms with Gasteiger partial charge < -0.3 is 14.4 Å². The standard InChI is InChI=1S/C13H19Cl2NO3/c1-5-13(3,4)16(12(17)11(14)15)8-10-18-7-6-9(2)19-10/h1,9-11H,6-8H2,2-4H3. The van der Waals surface area contributed by atoms with Crippen molar-refractivity contribution < 1.29 is 14.3 Å². The Morgan fingerprint density at radius 2 is 2.21 bits per heavy atom. The molecule has 4 nitrogen and oxygen atoms in total. The molecule has 0 aromatic carbocycles. The van der Waals surface area contributed by atoms with Crippen LogP contribution >= 0.6 is 23.2 Å². The van der Waals surface area contributed by atoms with Crippen LogP contribution in [0.5, 0.6) is 0 Å². The van der Waals surface area contributed by atoms with Crippen LogP contribution in [0.2, 0.25) is 0 Å². The van der Waals surface area contributed by atoms with E-state index in [2.05, 4.69) is 5.92 Å². The van der Waals surface area contributed by atoms with Crippen LogP contribution in [0.1, 0.15) is 27.2 Å². The first-order chi connectivity index (χ1) is 8.77. The molecule has 0 aliphatic carbocycles. The van der Waals surface area contributed by atoms with E-state index in [0.29, 0.717) is 6.61 Å². The number of carbonyl (C=O) groups is 1. The van der Waals surface area contributed by atoms with Gasteiger partial charge in [-0.15, -0.1) is 6.42 Å². The summed E-state index contributed by atoms with van der Waals surface area (Å²) in [7, 11) is 0. The number of rotatable bonds is 4. The van der Waals surface area contributed by atoms with Crippen molar-refractivity contribution in [1.29, 1.82) is 0 Å². The van der Waals surface area contributed by atoms with Gasteiger partial charge in [0.1, 0.15) is 0 Å². The third kappa shape index (κ3) is 4.54. The first-order valence-corrected chi connectivity index (χ1v) is 6.99. The second kappa shape index (κ2) is 6.81. The van der Waals surface area contributed by atoms with Gasteiger partial charge in [-0.3, -0.25) is 4.79 Å². The molecule has 1 saturated heterocycles. The van der Waals surface area contributed by atoms with Crippen molar-refractivity contribution in [1.82, 2.24) is 4.90 Å². The molecule has 0 bridgehead atoms. The fraction of sp³-hybridized carbons (Fsp3) is 0.769. The van der Waals surface area contributed by atoms with E-state index >= 15 is 0 Å². The van der Waals surface area contributed by atoms with Crippen LogP contribution in [-0.2, 0) is 14.3 Å². The SMILES string of the molecule is C#CC(C)(C)N(CC1OCCC(C)O1)C(=O)C(Cl)Cl. The number of hydrogen-bond acceptors (Lipinski definition) is 3. The molecule has 0 aromatic heterocycles. The van der Waals surface area contributed by atoms with Crippen molar-refractivity contribution in [3.8, 4) is 12.3 Å². The lowest BCUT2D eigenvalue weighted by atomic mass is 10.0. The number of amides is 1. The monoisotopic (exact) mass is 307 g/mol. The summed E-state index contributed by atoms with van der Waals surface area (Å²) < 4.78 is 11.1. The Morgan fingerprint density at radius 3 is 2.68 bits per heavy atom. The third-order valence-electron chi connectivity index (χ3n) is 3.02. The Hall–Kier alpha value is -0.470. The highest BCUT2D eigenvalue weighted by molar-refractivity contribution is 6.53. The van der Waals surface area contributed by atoms with Crippen LogP contribution < -0.4 is 0 Å². The number of ether oxygens (including phenoxy) is 2. The Bertz CT molecular complexity index is 365. The Balaban J connectivity index is 2.80. The normalized spacial score (nSPS) is 24.1. The van der Waals surface area contributed by atoms with Gasteiger partial charge in [0.25, 0.3) is 5.91 Å². The predicted molar refractivity (Wildman–Crippen MR) is 75.0 cm³/mol. The molecule has 2 atom stereocenters. The summed E-state index contributed by atoms with van der Waals surface area (Å²) in [6.45, 7) is 6.24. The molecule has 19 heavy (non-hydrogen) atoms. The second-order valence-corrected chi connectivity index (χ2v) is 6.08. The fourth-order valence-electron chi connectivity index (χ4n) is 1.77. The highest BCUT2D eigenvalue weighted by atomic mass is 35.5. The molecule has 0 N–H and O–H groups in total. The van der Waals surface area contributed by atoms with Gasteiger partial charge >= 0.3 is 0 Å². The maximum absolute atomic E-state index is 12.1. The average Bonchev–Trinajstić information content (AvgIpc) is 2.35. The van der Waals surface area contributed by atoms with E-state index in [1.54, 1.807) is 13.8 Å². The van der Waals surface area contributed by atoms with Crippen molar-refractivity contribution >= 4 is 29.1 Å². The van der Waals surface area contributed by atoms with E-state index in [1.807, 2.05) is 6.92 Å². The molecule has 108 valence electrons. The van der Waals surface area contributed by atoms with Gasteiger partial charge in [0.2, 0.25) is 0 Å². The third-order valence-corrected chi connectivity index (χ3v) is 3.40. The lowest BCUT2D eigenvalue weighted by molar-refractivity contribution is -0.217. The lowest BCUT2D eigenvalue weighted by Crippen LogP contribution is -2.53. The topological polar surface area (TPSA) is 38.8 Å². The van der Waals surface area contributed by atoms with Gasteiger partial charge in [0.05, 0.1) is 24.8 Å². The van der Waals surface area contributed by atoms with Gasteiger partial charge in [-0.25, -0.2) is 0 Å². The van der Waals surface area contributed by atoms with Crippen LogP contribution in [0, 0.1) is 12.3 Å². The van der Waals surface area contributed by atoms with Crippen molar-refractivity contribution in [2.45, 2.75) is 50.0 Å². The fourth-order valence-corrected chi connectivity index (χ4v) is 2.00. The highest BCUT2D eigenvalue weighted by Crippen LogP contribution is 2.21. The van der Waals surface area contributed by atoms with Gasteiger partial charge in [-0.2, -0.15) is 0 Å². The molecule has 2 unspecified atom stereocenters. The minimum absolute atomic E-state index is 0.0902. The van der Waals surface area contributed by atoms with E-state index < -0.39 is 22.6 Å². The van der Waals surface area contributed by atoms with Crippen molar-refractivity contribution in [2.24, 2.45) is 0 Å². The largest absolute Gasteiger partial charge is 0.351 e. The van der Waals surface area contributed by atoms with Crippen molar-refractivity contribution in [3.05, 3.63) is 0 Å². The first kappa shape index (κ1) is 16.6. The summed E-state index contributed by atoms with van der Waals surface area (Å²) in [5, 5.41) is 0. The minimum atomic E-state index is -1.16. The summed E-state index contributed by atoms with van der Waals surface area (Å²) in [6.07, 6.45) is 5.88. The van der Waals surface area contributed by atoms with Crippen molar-refractivity contribution in [3.63, 3.8) is 0 Å². The number of halogens is 2. The molecular formula is C13H19Cl2NO3. The van der Waals surface area contributed by atoms with E-state index in [1.165, 1.54) is 4.90 Å². The van der Waals surface area contributed by atoms with E-state index in [4.69, 9.17) is 39.1 Å². The summed E-state index contributed by atoms with van der Waals surface area (Å²) in [4.78, 5) is 12.3. The Kier molecular flexibility index (Phi) is 5.94. The maximum Gasteiger partial charge on any atom is 0.257 e. The molecule has 0 saturated carbocycles. The lowest BCUT2D eigenvalue weighted by Gasteiger charge is -2.39. The number of carbonyl (C=O) groups excluding carboxylic acids is 1. The Morgan fingerprint density at radius 1 is 1.58 bits per heavy atom. The van der Waals surface area contributed by atoms with E-state index in [9.17, 15) is 4.79 Å². The maximum atomic E-state index is 12.1. The number of nitrogens with zero attached hydrogens (tertiary/aromatic N) is 1. The molecule has 1 rings (SSSR count). The van der Waals surface area contributed by atoms with Gasteiger partial charge in [0, 0.05) is 0 Å². The zero-order chi connectivity index (χ0) is 14.6. The number of terminal acetylenes is 1. The minimum Gasteiger partial charge on any atom is -0.351 e. The summed E-state index contributed by atoms with van der Waals surface area (Å²) in [5.74, 6) is 2.11. The molecule has 1 aliphatic rings. The average molecular weight is 308 g/mol. The quantitative estimate of drug-likeness (QED) is 0.590. The van der Waals surface area contributed by atoms with Crippen LogP contribution in [0.3, 0.4) is 0 Å². The number of alkyl halides is 2. The predicted octanol–water partition coefficient (Wildman–Crippen LogP) is 2.18. The summed E-state index contributed by atoms with van der Waals surface area (Å²) in [5.41, 5.74) is -0.813. The van der Waals surface area contributed by atoms with Gasteiger partial charge in [0.15, 0.2) is 11.1 Å². The molecule has 0 radical (unpaired) electrons. The van der Waals surface area contributed by atoms with Crippen LogP contribution in [-0.4, -0.2) is 46.7 Å². The highest BCUT2D eigenvalue weighted by Gasteiger charge is 2.35. The molecule has 1 heterocycles. The molecule has 0 spiro atoms. The molecule has 1 amide bonds. The Labute approximate surface area is 124 Å². The van der Waals surface area contributed by atoms with Crippen LogP contribution in [0.25, 0.3) is 0 Å². The second-order valence-electron chi connectivity index (χ2n) is 4.99.